The molecule has 8 nitrogen and oxygen atoms in total. The summed E-state index contributed by atoms with van der Waals surface area (Å²) in [7, 11) is 0. The van der Waals surface area contributed by atoms with Crippen LogP contribution in [0, 0.1) is 18.3 Å². The van der Waals surface area contributed by atoms with E-state index < -0.39 is 0 Å². The van der Waals surface area contributed by atoms with E-state index in [2.05, 4.69) is 27.8 Å². The van der Waals surface area contributed by atoms with Crippen LogP contribution in [-0.4, -0.2) is 28.5 Å². The highest BCUT2D eigenvalue weighted by molar-refractivity contribution is 7.22. The number of carbonyl (C=O) groups excluding carboxylic acids is 2. The minimum absolute atomic E-state index is 0.197. The van der Waals surface area contributed by atoms with Gasteiger partial charge in [0.2, 0.25) is 5.91 Å². The van der Waals surface area contributed by atoms with Crippen molar-refractivity contribution >= 4 is 50.0 Å². The number of nitrogens with one attached hydrogen (secondary N) is 2. The van der Waals surface area contributed by atoms with Gasteiger partial charge in [-0.1, -0.05) is 47.7 Å². The zero-order valence-electron chi connectivity index (χ0n) is 22.6. The summed E-state index contributed by atoms with van der Waals surface area (Å²) in [5.41, 5.74) is 7.99. The first kappa shape index (κ1) is 26.2. The fraction of sp³-hybridized carbons (Fsp3) is 0.156. The van der Waals surface area contributed by atoms with E-state index in [1.165, 1.54) is 18.3 Å². The molecule has 202 valence electrons. The number of aromatic nitrogens is 2. The van der Waals surface area contributed by atoms with Crippen LogP contribution in [0.5, 0.6) is 0 Å². The number of rotatable bonds is 4. The number of para-hydroxylation sites is 1. The van der Waals surface area contributed by atoms with E-state index in [0.29, 0.717) is 22.9 Å². The van der Waals surface area contributed by atoms with Gasteiger partial charge in [-0.2, -0.15) is 5.26 Å². The average Bonchev–Trinajstić information content (AvgIpc) is 3.39. The number of carbonyl (C=O) groups is 2. The summed E-state index contributed by atoms with van der Waals surface area (Å²) in [5.74, 6) is -0.228. The summed E-state index contributed by atoms with van der Waals surface area (Å²) in [5, 5.41) is 15.8. The van der Waals surface area contributed by atoms with Gasteiger partial charge >= 0.3 is 6.03 Å². The van der Waals surface area contributed by atoms with E-state index in [9.17, 15) is 14.9 Å². The van der Waals surface area contributed by atoms with E-state index >= 15 is 0 Å². The number of pyridine rings is 1. The summed E-state index contributed by atoms with van der Waals surface area (Å²) < 4.78 is 1.03. The number of thiazole rings is 1. The molecule has 3 amide bonds. The maximum Gasteiger partial charge on any atom is 0.328 e. The average molecular weight is 559 g/mol. The molecule has 0 bridgehead atoms. The lowest BCUT2D eigenvalue weighted by molar-refractivity contribution is -0.114. The number of hydrogen-bond acceptors (Lipinski definition) is 6. The molecule has 3 aromatic carbocycles. The number of urea groups is 1. The molecule has 0 saturated heterocycles. The smallest absolute Gasteiger partial charge is 0.325 e. The van der Waals surface area contributed by atoms with Crippen LogP contribution in [0.15, 0.2) is 72.8 Å². The predicted molar refractivity (Wildman–Crippen MR) is 163 cm³/mol. The Balaban J connectivity index is 1.27. The lowest BCUT2D eigenvalue weighted by atomic mass is 9.97. The number of hydrogen-bond donors (Lipinski definition) is 2. The molecule has 0 aliphatic carbocycles. The number of aryl methyl sites for hydroxylation is 2. The standard InChI is InChI=1S/C32H26N6O2S/c1-19-25(22-11-13-27(35-20(2)39)24(16-22)18-33)12-14-26(34-19)23-10-9-21-6-5-15-38(29(21)17-23)32(40)37-31-36-28-7-3-4-8-30(28)41-31/h3-4,7-14,16-17H,5-6,15H2,1-2H3,(H,35,39)(H,36,37,40). The van der Waals surface area contributed by atoms with Gasteiger partial charge in [0, 0.05) is 36.0 Å². The third-order valence-electron chi connectivity index (χ3n) is 7.10. The number of anilines is 3. The van der Waals surface area contributed by atoms with Crippen molar-refractivity contribution in [2.24, 2.45) is 0 Å². The molecule has 5 aromatic rings. The van der Waals surface area contributed by atoms with Gasteiger partial charge in [0.15, 0.2) is 5.13 Å². The van der Waals surface area contributed by atoms with Crippen LogP contribution >= 0.6 is 11.3 Å². The van der Waals surface area contributed by atoms with Crippen molar-refractivity contribution < 1.29 is 9.59 Å². The van der Waals surface area contributed by atoms with E-state index in [4.69, 9.17) is 4.98 Å². The maximum absolute atomic E-state index is 13.4. The van der Waals surface area contributed by atoms with Crippen molar-refractivity contribution in [3.05, 3.63) is 89.6 Å². The van der Waals surface area contributed by atoms with Crippen molar-refractivity contribution in [1.29, 1.82) is 5.26 Å². The molecular formula is C32H26N6O2S. The van der Waals surface area contributed by atoms with Crippen LogP contribution in [0.3, 0.4) is 0 Å². The summed E-state index contributed by atoms with van der Waals surface area (Å²) in [6.07, 6.45) is 1.79. The lowest BCUT2D eigenvalue weighted by Crippen LogP contribution is -2.38. The first-order valence-electron chi connectivity index (χ1n) is 13.3. The fourth-order valence-corrected chi connectivity index (χ4v) is 6.01. The van der Waals surface area contributed by atoms with Gasteiger partial charge in [0.1, 0.15) is 6.07 Å². The van der Waals surface area contributed by atoms with Crippen molar-refractivity contribution in [3.8, 4) is 28.5 Å². The fourth-order valence-electron chi connectivity index (χ4n) is 5.16. The zero-order chi connectivity index (χ0) is 28.5. The molecule has 0 spiro atoms. The van der Waals surface area contributed by atoms with E-state index in [1.54, 1.807) is 17.0 Å². The zero-order valence-corrected chi connectivity index (χ0v) is 23.4. The van der Waals surface area contributed by atoms with E-state index in [-0.39, 0.29) is 11.9 Å². The van der Waals surface area contributed by atoms with E-state index in [1.807, 2.05) is 61.5 Å². The maximum atomic E-state index is 13.4. The topological polar surface area (TPSA) is 111 Å². The summed E-state index contributed by atoms with van der Waals surface area (Å²) in [6, 6.07) is 25.3. The Morgan fingerprint density at radius 3 is 2.59 bits per heavy atom. The molecule has 0 saturated carbocycles. The predicted octanol–water partition coefficient (Wildman–Crippen LogP) is 7.15. The van der Waals surface area contributed by atoms with Gasteiger partial charge in [0.05, 0.1) is 27.2 Å². The molecule has 6 rings (SSSR count). The van der Waals surface area contributed by atoms with Crippen LogP contribution < -0.4 is 15.5 Å². The van der Waals surface area contributed by atoms with Crippen molar-refractivity contribution in [2.75, 3.05) is 22.1 Å². The Morgan fingerprint density at radius 1 is 0.976 bits per heavy atom. The Morgan fingerprint density at radius 2 is 1.80 bits per heavy atom. The van der Waals surface area contributed by atoms with Crippen molar-refractivity contribution in [2.45, 2.75) is 26.7 Å². The molecule has 3 heterocycles. The number of nitriles is 1. The van der Waals surface area contributed by atoms with Crippen molar-refractivity contribution in [1.82, 2.24) is 9.97 Å². The van der Waals surface area contributed by atoms with Gasteiger partial charge < -0.3 is 5.32 Å². The molecule has 9 heteroatoms. The highest BCUT2D eigenvalue weighted by atomic mass is 32.1. The first-order chi connectivity index (χ1) is 19.9. The molecule has 0 fully saturated rings. The summed E-state index contributed by atoms with van der Waals surface area (Å²) in [4.78, 5) is 36.1. The van der Waals surface area contributed by atoms with Gasteiger partial charge in [-0.3, -0.25) is 20.0 Å². The summed E-state index contributed by atoms with van der Waals surface area (Å²) in [6.45, 7) is 3.97. The molecule has 1 aliphatic rings. The molecule has 0 unspecified atom stereocenters. The number of amides is 3. The highest BCUT2D eigenvalue weighted by Gasteiger charge is 2.24. The van der Waals surface area contributed by atoms with Crippen LogP contribution in [0.4, 0.5) is 21.3 Å². The number of benzene rings is 3. The first-order valence-corrected chi connectivity index (χ1v) is 14.1. The van der Waals surface area contributed by atoms with Gasteiger partial charge in [-0.15, -0.1) is 0 Å². The molecular weight excluding hydrogens is 532 g/mol. The third kappa shape index (κ3) is 5.25. The second kappa shape index (κ2) is 10.8. The van der Waals surface area contributed by atoms with Crippen LogP contribution in [0.1, 0.15) is 30.2 Å². The van der Waals surface area contributed by atoms with Crippen LogP contribution in [0.25, 0.3) is 32.6 Å². The molecule has 2 N–H and O–H groups in total. The largest absolute Gasteiger partial charge is 0.328 e. The molecule has 0 atom stereocenters. The SMILES string of the molecule is CC(=O)Nc1ccc(-c2ccc(-c3ccc4c(c3)N(C(=O)Nc3nc5ccccc5s3)CCC4)nc2C)cc1C#N. The molecule has 2 aromatic heterocycles. The lowest BCUT2D eigenvalue weighted by Gasteiger charge is -2.29. The van der Waals surface area contributed by atoms with E-state index in [0.717, 1.165) is 62.4 Å². The van der Waals surface area contributed by atoms with Crippen LogP contribution in [0.2, 0.25) is 0 Å². The van der Waals surface area contributed by atoms with Gasteiger partial charge in [-0.05, 0) is 67.3 Å². The molecule has 41 heavy (non-hydrogen) atoms. The monoisotopic (exact) mass is 558 g/mol. The molecule has 1 aliphatic heterocycles. The third-order valence-corrected chi connectivity index (χ3v) is 8.05. The highest BCUT2D eigenvalue weighted by Crippen LogP contribution is 2.34. The Hall–Kier alpha value is -5.07. The Bertz CT molecular complexity index is 1840. The minimum atomic E-state index is -0.228. The van der Waals surface area contributed by atoms with Gasteiger partial charge in [-0.25, -0.2) is 9.78 Å². The Kier molecular flexibility index (Phi) is 6.91. The normalized spacial score (nSPS) is 12.5. The summed E-state index contributed by atoms with van der Waals surface area (Å²) >= 11 is 1.46. The second-order valence-corrected chi connectivity index (χ2v) is 10.9. The van der Waals surface area contributed by atoms with Gasteiger partial charge in [0.25, 0.3) is 0 Å². The Labute approximate surface area is 241 Å². The number of nitrogens with zero attached hydrogens (tertiary/aromatic N) is 4. The minimum Gasteiger partial charge on any atom is -0.325 e. The number of fused-ring (bicyclic) bond motifs is 2. The second-order valence-electron chi connectivity index (χ2n) is 9.90. The van der Waals surface area contributed by atoms with Crippen LogP contribution in [-0.2, 0) is 11.2 Å². The quantitative estimate of drug-likeness (QED) is 0.243. The van der Waals surface area contributed by atoms with Crippen molar-refractivity contribution in [3.63, 3.8) is 0 Å². The molecule has 0 radical (unpaired) electrons.